The molecule has 2 atom stereocenters. The van der Waals surface area contributed by atoms with Crippen LogP contribution in [-0.4, -0.2) is 11.1 Å². The maximum Gasteiger partial charge on any atom is 0.307 e. The van der Waals surface area contributed by atoms with Crippen LogP contribution in [0.5, 0.6) is 0 Å². The molecule has 1 aromatic rings. The summed E-state index contributed by atoms with van der Waals surface area (Å²) in [6.45, 7) is 10.9. The van der Waals surface area contributed by atoms with Gasteiger partial charge in [-0.05, 0) is 73.6 Å². The number of rotatable bonds is 2. The molecule has 2 heteroatoms. The minimum Gasteiger partial charge on any atom is -0.481 e. The zero-order chi connectivity index (χ0) is 15.1. The predicted octanol–water partition coefficient (Wildman–Crippen LogP) is 4.61. The highest BCUT2D eigenvalue weighted by atomic mass is 16.4. The molecule has 0 aromatic heterocycles. The lowest BCUT2D eigenvalue weighted by Crippen LogP contribution is -2.33. The van der Waals surface area contributed by atoms with E-state index < -0.39 is 5.97 Å². The fourth-order valence-corrected chi connectivity index (χ4v) is 3.59. The molecular formula is C18H26O2. The van der Waals surface area contributed by atoms with E-state index in [2.05, 4.69) is 46.8 Å². The summed E-state index contributed by atoms with van der Waals surface area (Å²) in [5.74, 6) is -0.720. The first-order valence-electron chi connectivity index (χ1n) is 7.52. The Bertz CT molecular complexity index is 528. The van der Waals surface area contributed by atoms with Crippen LogP contribution in [0.3, 0.4) is 0 Å². The number of aliphatic carboxylic acids is 1. The van der Waals surface area contributed by atoms with Gasteiger partial charge in [0.25, 0.3) is 0 Å². The van der Waals surface area contributed by atoms with Gasteiger partial charge in [0.15, 0.2) is 0 Å². The molecule has 0 heterocycles. The fourth-order valence-electron chi connectivity index (χ4n) is 3.59. The number of carbonyl (C=O) groups is 1. The molecule has 1 aromatic carbocycles. The van der Waals surface area contributed by atoms with Crippen LogP contribution in [0, 0.1) is 32.1 Å². The third-order valence-electron chi connectivity index (χ3n) is 4.99. The second-order valence-corrected chi connectivity index (χ2v) is 7.25. The highest BCUT2D eigenvalue weighted by Gasteiger charge is 2.39. The van der Waals surface area contributed by atoms with Crippen LogP contribution in [0.15, 0.2) is 12.1 Å². The van der Waals surface area contributed by atoms with E-state index in [4.69, 9.17) is 0 Å². The van der Waals surface area contributed by atoms with Gasteiger partial charge in [0.05, 0.1) is 5.92 Å². The Morgan fingerprint density at radius 2 is 1.75 bits per heavy atom. The summed E-state index contributed by atoms with van der Waals surface area (Å²) in [5.41, 5.74) is 5.27. The lowest BCUT2D eigenvalue weighted by molar-refractivity contribution is -0.144. The van der Waals surface area contributed by atoms with Crippen molar-refractivity contribution in [2.24, 2.45) is 11.3 Å². The van der Waals surface area contributed by atoms with Crippen molar-refractivity contribution >= 4 is 5.97 Å². The van der Waals surface area contributed by atoms with Crippen molar-refractivity contribution in [1.82, 2.24) is 0 Å². The molecule has 0 saturated heterocycles. The molecule has 1 N–H and O–H groups in total. The third-order valence-corrected chi connectivity index (χ3v) is 4.99. The number of hydrogen-bond acceptors (Lipinski definition) is 1. The van der Waals surface area contributed by atoms with Gasteiger partial charge in [-0.25, -0.2) is 0 Å². The van der Waals surface area contributed by atoms with Crippen LogP contribution in [0.1, 0.15) is 61.3 Å². The molecule has 1 aliphatic carbocycles. The van der Waals surface area contributed by atoms with Crippen molar-refractivity contribution in [2.75, 3.05) is 0 Å². The Labute approximate surface area is 122 Å². The number of aryl methyl sites for hydroxylation is 3. The number of hydrogen-bond donors (Lipinski definition) is 1. The SMILES string of the molecule is Cc1cc(C)c(C2CC(C)(C)CCC2C(=O)O)cc1C. The minimum atomic E-state index is -0.636. The maximum atomic E-state index is 11.6. The molecule has 2 nitrogen and oxygen atoms in total. The summed E-state index contributed by atoms with van der Waals surface area (Å²) in [6, 6.07) is 4.41. The van der Waals surface area contributed by atoms with Gasteiger partial charge >= 0.3 is 5.97 Å². The van der Waals surface area contributed by atoms with Gasteiger partial charge in [0.1, 0.15) is 0 Å². The van der Waals surface area contributed by atoms with Crippen molar-refractivity contribution in [2.45, 2.75) is 59.8 Å². The summed E-state index contributed by atoms with van der Waals surface area (Å²) in [5, 5.41) is 9.55. The monoisotopic (exact) mass is 274 g/mol. The van der Waals surface area contributed by atoms with Gasteiger partial charge in [-0.15, -0.1) is 0 Å². The Morgan fingerprint density at radius 1 is 1.15 bits per heavy atom. The van der Waals surface area contributed by atoms with E-state index in [9.17, 15) is 9.90 Å². The van der Waals surface area contributed by atoms with Crippen LogP contribution in [0.4, 0.5) is 0 Å². The highest BCUT2D eigenvalue weighted by molar-refractivity contribution is 5.72. The molecule has 0 amide bonds. The van der Waals surface area contributed by atoms with E-state index in [0.29, 0.717) is 0 Å². The summed E-state index contributed by atoms with van der Waals surface area (Å²) in [4.78, 5) is 11.6. The molecule has 0 spiro atoms. The minimum absolute atomic E-state index is 0.149. The first kappa shape index (κ1) is 15.1. The first-order valence-corrected chi connectivity index (χ1v) is 7.52. The molecular weight excluding hydrogens is 248 g/mol. The van der Waals surface area contributed by atoms with Crippen LogP contribution >= 0.6 is 0 Å². The third kappa shape index (κ3) is 2.89. The van der Waals surface area contributed by atoms with Gasteiger partial charge in [-0.3, -0.25) is 4.79 Å². The van der Waals surface area contributed by atoms with Crippen LogP contribution in [-0.2, 0) is 4.79 Å². The van der Waals surface area contributed by atoms with Crippen molar-refractivity contribution in [3.8, 4) is 0 Å². The predicted molar refractivity (Wildman–Crippen MR) is 82.2 cm³/mol. The van der Waals surface area contributed by atoms with Crippen molar-refractivity contribution in [3.63, 3.8) is 0 Å². The highest BCUT2D eigenvalue weighted by Crippen LogP contribution is 2.47. The van der Waals surface area contributed by atoms with E-state index >= 15 is 0 Å². The Morgan fingerprint density at radius 3 is 2.35 bits per heavy atom. The topological polar surface area (TPSA) is 37.3 Å². The zero-order valence-corrected chi connectivity index (χ0v) is 13.3. The van der Waals surface area contributed by atoms with E-state index in [1.165, 1.54) is 22.3 Å². The van der Waals surface area contributed by atoms with E-state index in [1.54, 1.807) is 0 Å². The Balaban J connectivity index is 2.45. The molecule has 0 aliphatic heterocycles. The Hall–Kier alpha value is -1.31. The quantitative estimate of drug-likeness (QED) is 0.855. The average Bonchev–Trinajstić information content (AvgIpc) is 2.32. The van der Waals surface area contributed by atoms with E-state index in [-0.39, 0.29) is 17.3 Å². The van der Waals surface area contributed by atoms with E-state index in [0.717, 1.165) is 19.3 Å². The number of carboxylic acids is 1. The molecule has 1 saturated carbocycles. The van der Waals surface area contributed by atoms with Gasteiger partial charge in [0.2, 0.25) is 0 Å². The van der Waals surface area contributed by atoms with Gasteiger partial charge in [-0.1, -0.05) is 26.0 Å². The normalized spacial score (nSPS) is 25.4. The van der Waals surface area contributed by atoms with Gasteiger partial charge in [0, 0.05) is 0 Å². The van der Waals surface area contributed by atoms with Gasteiger partial charge < -0.3 is 5.11 Å². The van der Waals surface area contributed by atoms with Crippen molar-refractivity contribution < 1.29 is 9.90 Å². The zero-order valence-electron chi connectivity index (χ0n) is 13.3. The molecule has 1 fully saturated rings. The molecule has 0 radical (unpaired) electrons. The lowest BCUT2D eigenvalue weighted by Gasteiger charge is -2.40. The van der Waals surface area contributed by atoms with Crippen molar-refractivity contribution in [3.05, 3.63) is 34.4 Å². The summed E-state index contributed by atoms with van der Waals surface area (Å²) in [6.07, 6.45) is 2.76. The van der Waals surface area contributed by atoms with Crippen molar-refractivity contribution in [1.29, 1.82) is 0 Å². The summed E-state index contributed by atoms with van der Waals surface area (Å²) >= 11 is 0. The molecule has 20 heavy (non-hydrogen) atoms. The molecule has 2 rings (SSSR count). The van der Waals surface area contributed by atoms with E-state index in [1.807, 2.05) is 0 Å². The maximum absolute atomic E-state index is 11.6. The average molecular weight is 274 g/mol. The second-order valence-electron chi connectivity index (χ2n) is 7.25. The molecule has 110 valence electrons. The molecule has 1 aliphatic rings. The smallest absolute Gasteiger partial charge is 0.307 e. The number of benzene rings is 1. The summed E-state index contributed by atoms with van der Waals surface area (Å²) < 4.78 is 0. The van der Waals surface area contributed by atoms with Crippen LogP contribution < -0.4 is 0 Å². The van der Waals surface area contributed by atoms with Crippen LogP contribution in [0.25, 0.3) is 0 Å². The number of carboxylic acid groups (broad SMARTS) is 1. The lowest BCUT2D eigenvalue weighted by atomic mass is 9.64. The van der Waals surface area contributed by atoms with Gasteiger partial charge in [-0.2, -0.15) is 0 Å². The summed E-state index contributed by atoms with van der Waals surface area (Å²) in [7, 11) is 0. The van der Waals surface area contributed by atoms with Crippen LogP contribution in [0.2, 0.25) is 0 Å². The molecule has 2 unspecified atom stereocenters. The molecule has 0 bridgehead atoms. The largest absolute Gasteiger partial charge is 0.481 e. The standard InChI is InChI=1S/C18H26O2/c1-11-8-13(3)15(9-12(11)2)16-10-18(4,5)7-6-14(16)17(19)20/h8-9,14,16H,6-7,10H2,1-5H3,(H,19,20). The second kappa shape index (κ2) is 5.23. The first-order chi connectivity index (χ1) is 9.21. The Kier molecular flexibility index (Phi) is 3.95. The fraction of sp³-hybridized carbons (Fsp3) is 0.611.